The summed E-state index contributed by atoms with van der Waals surface area (Å²) in [6.07, 6.45) is 1.80. The molecule has 1 aromatic heterocycles. The first-order chi connectivity index (χ1) is 12.1. The molecule has 0 spiro atoms. The van der Waals surface area contributed by atoms with Gasteiger partial charge in [-0.05, 0) is 12.1 Å². The number of nitrogens with zero attached hydrogens (tertiary/aromatic N) is 4. The third-order valence-electron chi connectivity index (χ3n) is 4.03. The molecular formula is C16H21N5O2S2. The molecule has 0 radical (unpaired) electrons. The molecule has 2 heterocycles. The zero-order valence-electron chi connectivity index (χ0n) is 13.8. The van der Waals surface area contributed by atoms with Crippen molar-refractivity contribution in [3.63, 3.8) is 0 Å². The SMILES string of the molecule is NC(=NCCS(=O)(=O)c1ccccc1)N1CCN(c2nccs2)CC1. The zero-order valence-corrected chi connectivity index (χ0v) is 15.4. The summed E-state index contributed by atoms with van der Waals surface area (Å²) in [5.74, 6) is 0.360. The van der Waals surface area contributed by atoms with E-state index in [9.17, 15) is 8.42 Å². The van der Waals surface area contributed by atoms with Crippen LogP contribution in [-0.2, 0) is 9.84 Å². The normalized spacial score (nSPS) is 16.2. The van der Waals surface area contributed by atoms with Gasteiger partial charge in [-0.25, -0.2) is 13.4 Å². The Hall–Kier alpha value is -2.13. The molecule has 7 nitrogen and oxygen atoms in total. The second-order valence-electron chi connectivity index (χ2n) is 5.66. The predicted octanol–water partition coefficient (Wildman–Crippen LogP) is 1.05. The monoisotopic (exact) mass is 379 g/mol. The Labute approximate surface area is 151 Å². The van der Waals surface area contributed by atoms with Crippen LogP contribution >= 0.6 is 11.3 Å². The van der Waals surface area contributed by atoms with Crippen molar-refractivity contribution in [2.24, 2.45) is 10.7 Å². The summed E-state index contributed by atoms with van der Waals surface area (Å²) in [4.78, 5) is 13.1. The number of hydrogen-bond donors (Lipinski definition) is 1. The number of piperazine rings is 1. The van der Waals surface area contributed by atoms with E-state index < -0.39 is 9.84 Å². The number of thiazole rings is 1. The summed E-state index contributed by atoms with van der Waals surface area (Å²) in [6.45, 7) is 3.31. The molecule has 9 heteroatoms. The maximum absolute atomic E-state index is 12.2. The van der Waals surface area contributed by atoms with Gasteiger partial charge >= 0.3 is 0 Å². The molecule has 2 N–H and O–H groups in total. The van der Waals surface area contributed by atoms with Crippen molar-refractivity contribution >= 4 is 32.3 Å². The summed E-state index contributed by atoms with van der Waals surface area (Å²) in [5, 5.41) is 2.98. The largest absolute Gasteiger partial charge is 0.370 e. The van der Waals surface area contributed by atoms with Gasteiger partial charge < -0.3 is 15.5 Å². The third kappa shape index (κ3) is 4.49. The average molecular weight is 380 g/mol. The van der Waals surface area contributed by atoms with Gasteiger partial charge in [0.2, 0.25) is 0 Å². The number of benzene rings is 1. The fourth-order valence-electron chi connectivity index (χ4n) is 2.62. The lowest BCUT2D eigenvalue weighted by Gasteiger charge is -2.35. The van der Waals surface area contributed by atoms with Gasteiger partial charge in [-0.3, -0.25) is 4.99 Å². The Morgan fingerprint density at radius 1 is 1.20 bits per heavy atom. The number of hydrogen-bond acceptors (Lipinski definition) is 6. The van der Waals surface area contributed by atoms with Crippen molar-refractivity contribution in [3.8, 4) is 0 Å². The Morgan fingerprint density at radius 3 is 2.56 bits per heavy atom. The fraction of sp³-hybridized carbons (Fsp3) is 0.375. The molecule has 1 saturated heterocycles. The van der Waals surface area contributed by atoms with E-state index in [1.807, 2.05) is 10.3 Å². The lowest BCUT2D eigenvalue weighted by atomic mass is 10.3. The quantitative estimate of drug-likeness (QED) is 0.617. The van der Waals surface area contributed by atoms with Gasteiger partial charge in [-0.1, -0.05) is 18.2 Å². The first-order valence-corrected chi connectivity index (χ1v) is 10.6. The minimum atomic E-state index is -3.32. The molecule has 3 rings (SSSR count). The lowest BCUT2D eigenvalue weighted by Crippen LogP contribution is -2.51. The van der Waals surface area contributed by atoms with Crippen LogP contribution in [0.2, 0.25) is 0 Å². The molecule has 0 unspecified atom stereocenters. The molecule has 1 fully saturated rings. The van der Waals surface area contributed by atoms with Gasteiger partial charge in [-0.2, -0.15) is 0 Å². The van der Waals surface area contributed by atoms with Crippen LogP contribution in [0.15, 0.2) is 51.8 Å². The highest BCUT2D eigenvalue weighted by Crippen LogP contribution is 2.18. The number of guanidine groups is 1. The van der Waals surface area contributed by atoms with E-state index >= 15 is 0 Å². The van der Waals surface area contributed by atoms with Gasteiger partial charge in [0.05, 0.1) is 17.2 Å². The first kappa shape index (κ1) is 17.7. The topological polar surface area (TPSA) is 91.9 Å². The van der Waals surface area contributed by atoms with Gasteiger partial charge in [-0.15, -0.1) is 11.3 Å². The molecule has 0 bridgehead atoms. The van der Waals surface area contributed by atoms with E-state index in [4.69, 9.17) is 5.73 Å². The number of sulfone groups is 1. The molecule has 0 aliphatic carbocycles. The number of aliphatic imine (C=N–C) groups is 1. The standard InChI is InChI=1S/C16H21N5O2S2/c17-15(18-7-13-25(22,23)14-4-2-1-3-5-14)20-8-10-21(11-9-20)16-19-6-12-24-16/h1-6,12H,7-11,13H2,(H2,17,18). The van der Waals surface area contributed by atoms with E-state index in [0.717, 1.165) is 31.3 Å². The molecular weight excluding hydrogens is 358 g/mol. The zero-order chi connectivity index (χ0) is 17.7. The smallest absolute Gasteiger partial charge is 0.191 e. The van der Waals surface area contributed by atoms with Crippen LogP contribution in [0.5, 0.6) is 0 Å². The third-order valence-corrected chi connectivity index (χ3v) is 6.57. The Kier molecular flexibility index (Phi) is 5.54. The Balaban J connectivity index is 1.51. The maximum atomic E-state index is 12.2. The van der Waals surface area contributed by atoms with Crippen molar-refractivity contribution in [1.29, 1.82) is 0 Å². The summed E-state index contributed by atoms with van der Waals surface area (Å²) in [5.41, 5.74) is 6.03. The van der Waals surface area contributed by atoms with E-state index in [-0.39, 0.29) is 12.3 Å². The maximum Gasteiger partial charge on any atom is 0.191 e. The highest BCUT2D eigenvalue weighted by atomic mass is 32.2. The highest BCUT2D eigenvalue weighted by molar-refractivity contribution is 7.91. The van der Waals surface area contributed by atoms with Crippen LogP contribution in [0.1, 0.15) is 0 Å². The minimum absolute atomic E-state index is 0.0448. The van der Waals surface area contributed by atoms with Crippen molar-refractivity contribution in [2.75, 3.05) is 43.4 Å². The summed E-state index contributed by atoms with van der Waals surface area (Å²) >= 11 is 1.62. The molecule has 25 heavy (non-hydrogen) atoms. The summed E-state index contributed by atoms with van der Waals surface area (Å²) in [7, 11) is -3.32. The van der Waals surface area contributed by atoms with Crippen LogP contribution in [0.4, 0.5) is 5.13 Å². The van der Waals surface area contributed by atoms with Crippen LogP contribution in [0.25, 0.3) is 0 Å². The van der Waals surface area contributed by atoms with E-state index in [2.05, 4.69) is 14.9 Å². The van der Waals surface area contributed by atoms with Crippen molar-refractivity contribution in [2.45, 2.75) is 4.90 Å². The van der Waals surface area contributed by atoms with E-state index in [1.54, 1.807) is 47.9 Å². The number of anilines is 1. The highest BCUT2D eigenvalue weighted by Gasteiger charge is 2.20. The average Bonchev–Trinajstić information content (AvgIpc) is 3.17. The lowest BCUT2D eigenvalue weighted by molar-refractivity contribution is 0.381. The second kappa shape index (κ2) is 7.83. The summed E-state index contributed by atoms with van der Waals surface area (Å²) in [6, 6.07) is 8.42. The number of nitrogens with two attached hydrogens (primary N) is 1. The van der Waals surface area contributed by atoms with E-state index in [1.165, 1.54) is 0 Å². The molecule has 0 amide bonds. The Bertz CT molecular complexity index is 798. The Morgan fingerprint density at radius 2 is 1.92 bits per heavy atom. The predicted molar refractivity (Wildman–Crippen MR) is 101 cm³/mol. The van der Waals surface area contributed by atoms with Crippen molar-refractivity contribution in [3.05, 3.63) is 41.9 Å². The minimum Gasteiger partial charge on any atom is -0.370 e. The molecule has 0 saturated carbocycles. The molecule has 0 atom stereocenters. The molecule has 134 valence electrons. The molecule has 1 aliphatic rings. The van der Waals surface area contributed by atoms with Gasteiger partial charge in [0.1, 0.15) is 0 Å². The number of aromatic nitrogens is 1. The fourth-order valence-corrected chi connectivity index (χ4v) is 4.46. The van der Waals surface area contributed by atoms with Crippen LogP contribution in [0, 0.1) is 0 Å². The second-order valence-corrected chi connectivity index (χ2v) is 8.64. The van der Waals surface area contributed by atoms with Gasteiger partial charge in [0.15, 0.2) is 20.9 Å². The summed E-state index contributed by atoms with van der Waals surface area (Å²) < 4.78 is 24.5. The van der Waals surface area contributed by atoms with Gasteiger partial charge in [0.25, 0.3) is 0 Å². The molecule has 1 aromatic carbocycles. The van der Waals surface area contributed by atoms with Gasteiger partial charge in [0, 0.05) is 37.8 Å². The molecule has 2 aromatic rings. The van der Waals surface area contributed by atoms with Crippen molar-refractivity contribution in [1.82, 2.24) is 9.88 Å². The van der Waals surface area contributed by atoms with Crippen LogP contribution in [0.3, 0.4) is 0 Å². The molecule has 1 aliphatic heterocycles. The first-order valence-electron chi connectivity index (χ1n) is 8.03. The van der Waals surface area contributed by atoms with Crippen LogP contribution < -0.4 is 10.6 Å². The van der Waals surface area contributed by atoms with Crippen molar-refractivity contribution < 1.29 is 8.42 Å². The van der Waals surface area contributed by atoms with Crippen LogP contribution in [-0.4, -0.2) is 62.7 Å². The van der Waals surface area contributed by atoms with E-state index in [0.29, 0.717) is 10.9 Å². The number of rotatable bonds is 5.